The summed E-state index contributed by atoms with van der Waals surface area (Å²) in [5.41, 5.74) is 1.75. The molecule has 2 aromatic rings. The Morgan fingerprint density at radius 1 is 1.27 bits per heavy atom. The maximum absolute atomic E-state index is 12.6. The summed E-state index contributed by atoms with van der Waals surface area (Å²) in [4.78, 5) is 24.8. The maximum atomic E-state index is 12.6. The molecule has 5 nitrogen and oxygen atoms in total. The van der Waals surface area contributed by atoms with Crippen LogP contribution in [0.4, 0.5) is 5.69 Å². The van der Waals surface area contributed by atoms with E-state index in [0.717, 1.165) is 24.2 Å². The molecule has 0 radical (unpaired) electrons. The van der Waals surface area contributed by atoms with Crippen molar-refractivity contribution in [2.45, 2.75) is 32.6 Å². The third-order valence-electron chi connectivity index (χ3n) is 4.52. The molecule has 0 aliphatic heterocycles. The van der Waals surface area contributed by atoms with Crippen LogP contribution < -0.4 is 10.9 Å². The van der Waals surface area contributed by atoms with E-state index in [4.69, 9.17) is 0 Å². The summed E-state index contributed by atoms with van der Waals surface area (Å²) in [6.45, 7) is 1.85. The number of anilines is 1. The Morgan fingerprint density at radius 3 is 2.55 bits per heavy atom. The van der Waals surface area contributed by atoms with Crippen LogP contribution in [-0.4, -0.2) is 15.3 Å². The topological polar surface area (TPSA) is 56.0 Å². The summed E-state index contributed by atoms with van der Waals surface area (Å²) in [5.74, 6) is 0.427. The molecule has 1 fully saturated rings. The van der Waals surface area contributed by atoms with Gasteiger partial charge in [-0.15, -0.1) is 0 Å². The third kappa shape index (κ3) is 2.58. The average Bonchev–Trinajstić information content (AvgIpc) is 2.68. The predicted molar refractivity (Wildman–Crippen MR) is 86.3 cm³/mol. The Morgan fingerprint density at radius 2 is 1.95 bits per heavy atom. The molecule has 0 unspecified atom stereocenters. The van der Waals surface area contributed by atoms with E-state index in [9.17, 15) is 9.59 Å². The molecule has 0 spiro atoms. The summed E-state index contributed by atoms with van der Waals surface area (Å²) in [5, 5.41) is 2.82. The molecule has 0 atom stereocenters. The zero-order valence-electron chi connectivity index (χ0n) is 13.0. The van der Waals surface area contributed by atoms with E-state index in [1.54, 1.807) is 9.36 Å². The molecule has 1 heterocycles. The minimum Gasteiger partial charge on any atom is -0.320 e. The molecule has 1 N–H and O–H groups in total. The zero-order valence-corrected chi connectivity index (χ0v) is 13.0. The van der Waals surface area contributed by atoms with Crippen LogP contribution in [0.3, 0.4) is 0 Å². The molecule has 1 aliphatic carbocycles. The molecule has 0 saturated heterocycles. The molecular weight excluding hydrogens is 278 g/mol. The first-order valence-electron chi connectivity index (χ1n) is 7.72. The second-order valence-corrected chi connectivity index (χ2v) is 5.99. The van der Waals surface area contributed by atoms with Gasteiger partial charge in [0.2, 0.25) is 5.91 Å². The molecule has 1 aromatic carbocycles. The highest BCUT2D eigenvalue weighted by Crippen LogP contribution is 2.29. The highest BCUT2D eigenvalue weighted by Gasteiger charge is 2.23. The van der Waals surface area contributed by atoms with E-state index in [1.165, 1.54) is 6.42 Å². The minimum atomic E-state index is -0.187. The fourth-order valence-corrected chi connectivity index (χ4v) is 2.86. The number of carbonyl (C=O) groups excluding carboxylic acids is 1. The van der Waals surface area contributed by atoms with E-state index in [0.29, 0.717) is 18.0 Å². The van der Waals surface area contributed by atoms with Gasteiger partial charge in [-0.05, 0) is 37.8 Å². The van der Waals surface area contributed by atoms with Gasteiger partial charge in [-0.1, -0.05) is 24.6 Å². The lowest BCUT2D eigenvalue weighted by Crippen LogP contribution is -2.25. The number of para-hydroxylation sites is 1. The fourth-order valence-electron chi connectivity index (χ4n) is 2.86. The van der Waals surface area contributed by atoms with E-state index in [1.807, 2.05) is 44.3 Å². The number of hydrogen-bond donors (Lipinski definition) is 1. The highest BCUT2D eigenvalue weighted by atomic mass is 16.2. The van der Waals surface area contributed by atoms with Crippen molar-refractivity contribution in [1.29, 1.82) is 0 Å². The van der Waals surface area contributed by atoms with Gasteiger partial charge in [0.1, 0.15) is 5.69 Å². The van der Waals surface area contributed by atoms with Crippen molar-refractivity contribution in [2.75, 3.05) is 5.32 Å². The van der Waals surface area contributed by atoms with Gasteiger partial charge in [-0.25, -0.2) is 4.68 Å². The Bertz CT molecular complexity index is 739. The van der Waals surface area contributed by atoms with Crippen LogP contribution in [0.1, 0.15) is 31.4 Å². The third-order valence-corrected chi connectivity index (χ3v) is 4.52. The quantitative estimate of drug-likeness (QED) is 0.943. The summed E-state index contributed by atoms with van der Waals surface area (Å²) in [6, 6.07) is 9.44. The Labute approximate surface area is 129 Å². The van der Waals surface area contributed by atoms with Gasteiger partial charge in [0.15, 0.2) is 0 Å². The first-order valence-corrected chi connectivity index (χ1v) is 7.72. The van der Waals surface area contributed by atoms with E-state index in [-0.39, 0.29) is 11.5 Å². The monoisotopic (exact) mass is 299 g/mol. The van der Waals surface area contributed by atoms with Crippen molar-refractivity contribution < 1.29 is 4.79 Å². The summed E-state index contributed by atoms with van der Waals surface area (Å²) >= 11 is 0. The van der Waals surface area contributed by atoms with Gasteiger partial charge in [-0.3, -0.25) is 14.3 Å². The molecule has 116 valence electrons. The smallest absolute Gasteiger partial charge is 0.295 e. The summed E-state index contributed by atoms with van der Waals surface area (Å²) < 4.78 is 3.35. The van der Waals surface area contributed by atoms with E-state index < -0.39 is 0 Å². The number of nitrogens with zero attached hydrogens (tertiary/aromatic N) is 2. The molecule has 1 aromatic heterocycles. The van der Waals surface area contributed by atoms with Crippen LogP contribution in [0.25, 0.3) is 5.69 Å². The second kappa shape index (κ2) is 5.83. The normalized spacial score (nSPS) is 14.6. The SMILES string of the molecule is Cc1c(NC(=O)CC2CCC2)c(=O)n(-c2ccccc2)n1C. The van der Waals surface area contributed by atoms with Crippen LogP contribution in [0, 0.1) is 12.8 Å². The molecule has 5 heteroatoms. The van der Waals surface area contributed by atoms with E-state index in [2.05, 4.69) is 5.32 Å². The Hall–Kier alpha value is -2.30. The van der Waals surface area contributed by atoms with Crippen LogP contribution in [0.5, 0.6) is 0 Å². The number of benzene rings is 1. The Balaban J connectivity index is 1.89. The van der Waals surface area contributed by atoms with Crippen molar-refractivity contribution in [2.24, 2.45) is 13.0 Å². The van der Waals surface area contributed by atoms with Gasteiger partial charge in [-0.2, -0.15) is 0 Å². The second-order valence-electron chi connectivity index (χ2n) is 5.99. The van der Waals surface area contributed by atoms with Gasteiger partial charge < -0.3 is 5.32 Å². The highest BCUT2D eigenvalue weighted by molar-refractivity contribution is 5.91. The molecule has 1 saturated carbocycles. The first-order chi connectivity index (χ1) is 10.6. The van der Waals surface area contributed by atoms with Crippen LogP contribution in [-0.2, 0) is 11.8 Å². The predicted octanol–water partition coefficient (Wildman–Crippen LogP) is 2.61. The summed E-state index contributed by atoms with van der Waals surface area (Å²) in [6.07, 6.45) is 3.97. The number of aromatic nitrogens is 2. The first kappa shape index (κ1) is 14.6. The number of amides is 1. The van der Waals surface area contributed by atoms with Crippen molar-refractivity contribution in [1.82, 2.24) is 9.36 Å². The van der Waals surface area contributed by atoms with Gasteiger partial charge in [0.05, 0.1) is 11.4 Å². The molecule has 1 aliphatic rings. The van der Waals surface area contributed by atoms with Crippen LogP contribution in [0.2, 0.25) is 0 Å². The standard InChI is InChI=1S/C17H21N3O2/c1-12-16(18-15(21)11-13-7-6-8-13)17(22)20(19(12)2)14-9-4-3-5-10-14/h3-5,9-10,13H,6-8,11H2,1-2H3,(H,18,21). The van der Waals surface area contributed by atoms with Crippen molar-refractivity contribution in [3.05, 3.63) is 46.4 Å². The molecule has 22 heavy (non-hydrogen) atoms. The minimum absolute atomic E-state index is 0.0595. The molecular formula is C17H21N3O2. The molecule has 3 rings (SSSR count). The number of nitrogens with one attached hydrogen (secondary N) is 1. The number of hydrogen-bond acceptors (Lipinski definition) is 2. The zero-order chi connectivity index (χ0) is 15.7. The lowest BCUT2D eigenvalue weighted by Gasteiger charge is -2.24. The molecule has 1 amide bonds. The van der Waals surface area contributed by atoms with Crippen molar-refractivity contribution in [3.63, 3.8) is 0 Å². The van der Waals surface area contributed by atoms with Gasteiger partial charge in [0, 0.05) is 13.5 Å². The molecule has 0 bridgehead atoms. The fraction of sp³-hybridized carbons (Fsp3) is 0.412. The summed E-state index contributed by atoms with van der Waals surface area (Å²) in [7, 11) is 1.82. The van der Waals surface area contributed by atoms with Gasteiger partial charge >= 0.3 is 0 Å². The van der Waals surface area contributed by atoms with Gasteiger partial charge in [0.25, 0.3) is 5.56 Å². The van der Waals surface area contributed by atoms with Crippen molar-refractivity contribution in [3.8, 4) is 5.69 Å². The number of rotatable bonds is 4. The number of carbonyl (C=O) groups is 1. The van der Waals surface area contributed by atoms with Crippen LogP contribution in [0.15, 0.2) is 35.1 Å². The van der Waals surface area contributed by atoms with E-state index >= 15 is 0 Å². The van der Waals surface area contributed by atoms with Crippen molar-refractivity contribution >= 4 is 11.6 Å². The largest absolute Gasteiger partial charge is 0.320 e. The Kier molecular flexibility index (Phi) is 3.88. The maximum Gasteiger partial charge on any atom is 0.295 e. The van der Waals surface area contributed by atoms with Crippen LogP contribution >= 0.6 is 0 Å². The lowest BCUT2D eigenvalue weighted by molar-refractivity contribution is -0.117. The average molecular weight is 299 g/mol. The lowest BCUT2D eigenvalue weighted by atomic mass is 9.83.